The van der Waals surface area contributed by atoms with Crippen LogP contribution in [0.5, 0.6) is 0 Å². The number of fused-ring (bicyclic) bond motifs is 4. The van der Waals surface area contributed by atoms with Crippen molar-refractivity contribution in [2.75, 3.05) is 19.6 Å². The maximum Gasteiger partial charge on any atom is 0.222 e. The Morgan fingerprint density at radius 2 is 2.00 bits per heavy atom. The summed E-state index contributed by atoms with van der Waals surface area (Å²) in [4.78, 5) is 21.8. The van der Waals surface area contributed by atoms with Crippen molar-refractivity contribution >= 4 is 5.91 Å². The molecule has 29 heavy (non-hydrogen) atoms. The van der Waals surface area contributed by atoms with E-state index in [0.717, 1.165) is 32.6 Å². The van der Waals surface area contributed by atoms with E-state index in [0.29, 0.717) is 36.2 Å². The third-order valence-corrected chi connectivity index (χ3v) is 7.17. The number of aromatic nitrogens is 3. The number of carbonyl (C=O) groups excluding carboxylic acids is 1. The number of amides is 1. The molecule has 0 aliphatic carbocycles. The first kappa shape index (κ1) is 18.8. The van der Waals surface area contributed by atoms with Crippen LogP contribution in [0.15, 0.2) is 43.0 Å². The van der Waals surface area contributed by atoms with Gasteiger partial charge >= 0.3 is 0 Å². The highest BCUT2D eigenvalue weighted by atomic mass is 16.2. The number of nitrogens with zero attached hydrogens (tertiary/aromatic N) is 5. The molecule has 3 fully saturated rings. The van der Waals surface area contributed by atoms with Gasteiger partial charge in [0.2, 0.25) is 5.91 Å². The van der Waals surface area contributed by atoms with Crippen LogP contribution in [0.4, 0.5) is 0 Å². The molecular formula is C23H31N5O. The summed E-state index contributed by atoms with van der Waals surface area (Å²) in [7, 11) is 0. The highest BCUT2D eigenvalue weighted by molar-refractivity contribution is 5.76. The molecule has 2 aromatic rings. The standard InChI is InChI=1S/C23H31N5O/c29-23(10-5-11-27-17-24-16-25-27)26-13-18-12-20(15-26)22-9-4-8-21(28(22)14-18)19-6-2-1-3-7-19/h1-3,6-7,16-18,20-22H,4-5,8-15H2/t18-,20+,21+,22-/m0/s1. The van der Waals surface area contributed by atoms with Gasteiger partial charge in [0.1, 0.15) is 12.7 Å². The van der Waals surface area contributed by atoms with E-state index in [4.69, 9.17) is 0 Å². The van der Waals surface area contributed by atoms with Gasteiger partial charge in [-0.15, -0.1) is 0 Å². The molecule has 3 saturated heterocycles. The molecule has 4 heterocycles. The number of hydrogen-bond acceptors (Lipinski definition) is 4. The molecule has 6 nitrogen and oxygen atoms in total. The lowest BCUT2D eigenvalue weighted by Crippen LogP contribution is -2.60. The zero-order valence-corrected chi connectivity index (χ0v) is 17.1. The summed E-state index contributed by atoms with van der Waals surface area (Å²) in [6.45, 7) is 3.79. The van der Waals surface area contributed by atoms with Crippen LogP contribution in [0.2, 0.25) is 0 Å². The fourth-order valence-corrected chi connectivity index (χ4v) is 5.94. The van der Waals surface area contributed by atoms with Crippen LogP contribution in [0.25, 0.3) is 0 Å². The molecule has 0 N–H and O–H groups in total. The lowest BCUT2D eigenvalue weighted by atomic mass is 9.74. The van der Waals surface area contributed by atoms with Crippen molar-refractivity contribution in [2.24, 2.45) is 11.8 Å². The minimum atomic E-state index is 0.323. The number of aryl methyl sites for hydroxylation is 1. The zero-order valence-electron chi connectivity index (χ0n) is 17.1. The average molecular weight is 394 g/mol. The second kappa shape index (κ2) is 8.27. The molecule has 1 aromatic heterocycles. The van der Waals surface area contributed by atoms with E-state index in [-0.39, 0.29) is 0 Å². The Bertz CT molecular complexity index is 808. The molecule has 2 bridgehead atoms. The molecule has 3 aliphatic heterocycles. The molecule has 0 unspecified atom stereocenters. The van der Waals surface area contributed by atoms with Gasteiger partial charge in [0.15, 0.2) is 0 Å². The number of hydrogen-bond donors (Lipinski definition) is 0. The predicted octanol–water partition coefficient (Wildman–Crippen LogP) is 3.13. The van der Waals surface area contributed by atoms with Crippen LogP contribution in [0.1, 0.15) is 50.1 Å². The number of carbonyl (C=O) groups is 1. The van der Waals surface area contributed by atoms with Crippen LogP contribution >= 0.6 is 0 Å². The number of rotatable bonds is 5. The Balaban J connectivity index is 1.22. The Labute approximate surface area is 172 Å². The largest absolute Gasteiger partial charge is 0.342 e. The minimum absolute atomic E-state index is 0.323. The lowest BCUT2D eigenvalue weighted by molar-refractivity contribution is -0.139. The first-order chi connectivity index (χ1) is 14.3. The molecule has 154 valence electrons. The number of benzene rings is 1. The molecule has 1 amide bonds. The Morgan fingerprint density at radius 3 is 2.83 bits per heavy atom. The van der Waals surface area contributed by atoms with Gasteiger partial charge in [-0.3, -0.25) is 14.4 Å². The molecule has 3 aliphatic rings. The smallest absolute Gasteiger partial charge is 0.222 e. The van der Waals surface area contributed by atoms with Crippen molar-refractivity contribution in [1.29, 1.82) is 0 Å². The van der Waals surface area contributed by atoms with Crippen molar-refractivity contribution < 1.29 is 4.79 Å². The molecule has 0 spiro atoms. The van der Waals surface area contributed by atoms with Gasteiger partial charge < -0.3 is 4.90 Å². The van der Waals surface area contributed by atoms with E-state index >= 15 is 0 Å². The quantitative estimate of drug-likeness (QED) is 0.783. The summed E-state index contributed by atoms with van der Waals surface area (Å²) in [5.74, 6) is 1.57. The summed E-state index contributed by atoms with van der Waals surface area (Å²) >= 11 is 0. The van der Waals surface area contributed by atoms with Crippen molar-refractivity contribution in [1.82, 2.24) is 24.6 Å². The van der Waals surface area contributed by atoms with Crippen LogP contribution in [0, 0.1) is 11.8 Å². The Kier molecular flexibility index (Phi) is 5.36. The van der Waals surface area contributed by atoms with Gasteiger partial charge in [-0.1, -0.05) is 30.3 Å². The molecule has 5 rings (SSSR count). The van der Waals surface area contributed by atoms with Gasteiger partial charge in [-0.05, 0) is 49.5 Å². The van der Waals surface area contributed by atoms with Gasteiger partial charge in [0, 0.05) is 44.7 Å². The van der Waals surface area contributed by atoms with Crippen molar-refractivity contribution in [2.45, 2.75) is 57.2 Å². The van der Waals surface area contributed by atoms with E-state index in [9.17, 15) is 4.79 Å². The van der Waals surface area contributed by atoms with E-state index in [1.54, 1.807) is 12.7 Å². The van der Waals surface area contributed by atoms with Gasteiger partial charge in [-0.2, -0.15) is 5.10 Å². The fourth-order valence-electron chi connectivity index (χ4n) is 5.94. The average Bonchev–Trinajstić information content (AvgIpc) is 3.27. The molecule has 0 radical (unpaired) electrons. The van der Waals surface area contributed by atoms with Crippen LogP contribution in [0.3, 0.4) is 0 Å². The summed E-state index contributed by atoms with van der Waals surface area (Å²) in [5.41, 5.74) is 1.47. The number of piperidine rings is 3. The summed E-state index contributed by atoms with van der Waals surface area (Å²) in [6, 6.07) is 12.2. The molecular weight excluding hydrogens is 362 g/mol. The first-order valence-corrected chi connectivity index (χ1v) is 11.2. The maximum atomic E-state index is 12.9. The van der Waals surface area contributed by atoms with E-state index in [1.165, 1.54) is 31.2 Å². The van der Waals surface area contributed by atoms with Gasteiger partial charge in [-0.25, -0.2) is 4.98 Å². The predicted molar refractivity (Wildman–Crippen MR) is 111 cm³/mol. The Morgan fingerprint density at radius 1 is 1.10 bits per heavy atom. The van der Waals surface area contributed by atoms with Crippen LogP contribution in [-0.4, -0.2) is 56.1 Å². The SMILES string of the molecule is O=C(CCCn1cncn1)N1C[C@@H]2C[C@H](C1)[C@@H]1CCC[C@H](c3ccccc3)N1C2. The Hall–Kier alpha value is -2.21. The molecule has 6 heteroatoms. The monoisotopic (exact) mass is 393 g/mol. The molecule has 4 atom stereocenters. The lowest BCUT2D eigenvalue weighted by Gasteiger charge is -2.55. The summed E-state index contributed by atoms with van der Waals surface area (Å²) in [5, 5.41) is 4.12. The van der Waals surface area contributed by atoms with E-state index in [1.807, 2.05) is 4.68 Å². The zero-order chi connectivity index (χ0) is 19.6. The maximum absolute atomic E-state index is 12.9. The highest BCUT2D eigenvalue weighted by Crippen LogP contribution is 2.44. The normalized spacial score (nSPS) is 29.4. The molecule has 1 aromatic carbocycles. The highest BCUT2D eigenvalue weighted by Gasteiger charge is 2.45. The molecule has 0 saturated carbocycles. The van der Waals surface area contributed by atoms with Crippen molar-refractivity contribution in [3.63, 3.8) is 0 Å². The minimum Gasteiger partial charge on any atom is -0.342 e. The van der Waals surface area contributed by atoms with E-state index < -0.39 is 0 Å². The van der Waals surface area contributed by atoms with Crippen LogP contribution < -0.4 is 0 Å². The van der Waals surface area contributed by atoms with E-state index in [2.05, 4.69) is 50.2 Å². The second-order valence-electron chi connectivity index (χ2n) is 9.04. The third kappa shape index (κ3) is 3.95. The topological polar surface area (TPSA) is 54.3 Å². The van der Waals surface area contributed by atoms with Gasteiger partial charge in [0.25, 0.3) is 0 Å². The van der Waals surface area contributed by atoms with Crippen molar-refractivity contribution in [3.8, 4) is 0 Å². The summed E-state index contributed by atoms with van der Waals surface area (Å²) < 4.78 is 1.81. The fraction of sp³-hybridized carbons (Fsp3) is 0.609. The van der Waals surface area contributed by atoms with Crippen molar-refractivity contribution in [3.05, 3.63) is 48.5 Å². The third-order valence-electron chi connectivity index (χ3n) is 7.17. The second-order valence-corrected chi connectivity index (χ2v) is 9.04. The van der Waals surface area contributed by atoms with Gasteiger partial charge in [0.05, 0.1) is 0 Å². The first-order valence-electron chi connectivity index (χ1n) is 11.2. The van der Waals surface area contributed by atoms with Crippen LogP contribution in [-0.2, 0) is 11.3 Å². The summed E-state index contributed by atoms with van der Waals surface area (Å²) in [6.07, 6.45) is 9.86. The number of likely N-dealkylation sites (tertiary alicyclic amines) is 1.